The van der Waals surface area contributed by atoms with Crippen molar-refractivity contribution in [2.45, 2.75) is 38.7 Å². The molecule has 0 aliphatic rings. The number of aromatic nitrogens is 7. The molecule has 2 N–H and O–H groups in total. The molecule has 0 bridgehead atoms. The van der Waals surface area contributed by atoms with Gasteiger partial charge in [-0.2, -0.15) is 41.1 Å². The van der Waals surface area contributed by atoms with Gasteiger partial charge < -0.3 is 15.0 Å². The van der Waals surface area contributed by atoms with Crippen molar-refractivity contribution in [3.63, 3.8) is 0 Å². The molecule has 1 amide bonds. The number of ether oxygens (including phenoxy) is 1. The Bertz CT molecular complexity index is 2040. The molecule has 0 saturated heterocycles. The molecule has 5 heterocycles. The lowest BCUT2D eigenvalue weighted by molar-refractivity contribution is -0.141. The first-order valence-electron chi connectivity index (χ1n) is 12.3. The number of alkyl halides is 6. The van der Waals surface area contributed by atoms with Gasteiger partial charge >= 0.3 is 18.4 Å². The summed E-state index contributed by atoms with van der Waals surface area (Å²) in [5.74, 6) is -0.961. The van der Waals surface area contributed by atoms with Gasteiger partial charge in [0.05, 0.1) is 32.3 Å². The summed E-state index contributed by atoms with van der Waals surface area (Å²) >= 11 is 12.0. The Kier molecular flexibility index (Phi) is 9.56. The van der Waals surface area contributed by atoms with Gasteiger partial charge in [0.1, 0.15) is 22.1 Å². The minimum Gasteiger partial charge on any atom is -0.442 e. The minimum atomic E-state index is -4.70. The maximum absolute atomic E-state index is 12.6. The molecule has 5 aromatic rings. The largest absolute Gasteiger partial charge is 0.442 e. The van der Waals surface area contributed by atoms with Gasteiger partial charge in [0.2, 0.25) is 0 Å². The quantitative estimate of drug-likeness (QED) is 0.142. The molecule has 0 aliphatic carbocycles. The third-order valence-electron chi connectivity index (χ3n) is 5.47. The van der Waals surface area contributed by atoms with E-state index in [0.29, 0.717) is 10.5 Å². The van der Waals surface area contributed by atoms with Crippen LogP contribution in [0.4, 0.5) is 37.0 Å². The van der Waals surface area contributed by atoms with Gasteiger partial charge in [0, 0.05) is 0 Å². The molecule has 0 saturated carbocycles. The first kappa shape index (κ1) is 34.8. The Hall–Kier alpha value is -4.04. The lowest BCUT2D eigenvalue weighted by Gasteiger charge is -2.19. The summed E-state index contributed by atoms with van der Waals surface area (Å²) in [6, 6.07) is 3.36. The molecule has 5 aromatic heterocycles. The molecule has 21 heteroatoms. The van der Waals surface area contributed by atoms with E-state index >= 15 is 0 Å². The molecule has 0 aromatic carbocycles. The molecule has 46 heavy (non-hydrogen) atoms. The van der Waals surface area contributed by atoms with Crippen LogP contribution in [0.3, 0.4) is 0 Å². The minimum absolute atomic E-state index is 0.0381. The highest BCUT2D eigenvalue weighted by Crippen LogP contribution is 2.31. The van der Waals surface area contributed by atoms with Crippen molar-refractivity contribution in [1.82, 2.24) is 34.3 Å². The van der Waals surface area contributed by atoms with E-state index in [1.807, 2.05) is 0 Å². The van der Waals surface area contributed by atoms with Crippen LogP contribution in [0.1, 0.15) is 42.5 Å². The van der Waals surface area contributed by atoms with Crippen molar-refractivity contribution in [3.05, 3.63) is 78.1 Å². The number of halogens is 9. The lowest BCUT2D eigenvalue weighted by atomic mass is 10.2. The van der Waals surface area contributed by atoms with Crippen LogP contribution in [0.2, 0.25) is 5.15 Å². The van der Waals surface area contributed by atoms with E-state index in [-0.39, 0.29) is 32.5 Å². The van der Waals surface area contributed by atoms with Crippen LogP contribution in [-0.4, -0.2) is 51.9 Å². The number of hydrogen-bond donors (Lipinski definition) is 2. The molecule has 0 aliphatic heterocycles. The number of fused-ring (bicyclic) bond motifs is 3. The standard InChI is InChI=1S/C15H13BrClF3N4O3.C10H4BrF3N4O/c1-14(2,3)27-13(26)24-11(8(16)6-21-24)23-12(25)7-4-5-9(15(18,19)20)22-10(7)17;11-5-3-15-18-7-4(9(19)17-8(5)18)1-2-6(16-7)10(12,13)14/h4-6H,1-3H3,(H,23,25);1-3H,(H,17,19). The average Bonchev–Trinajstić information content (AvgIpc) is 3.48. The fraction of sp³-hybridized carbons (Fsp3) is 0.240. The monoisotopic (exact) mass is 800 g/mol. The summed E-state index contributed by atoms with van der Waals surface area (Å²) in [7, 11) is 0. The van der Waals surface area contributed by atoms with E-state index in [9.17, 15) is 40.7 Å². The fourth-order valence-electron chi connectivity index (χ4n) is 3.54. The number of nitrogens with one attached hydrogen (secondary N) is 2. The van der Waals surface area contributed by atoms with Crippen molar-refractivity contribution in [1.29, 1.82) is 0 Å². The predicted molar refractivity (Wildman–Crippen MR) is 158 cm³/mol. The second-order valence-corrected chi connectivity index (χ2v) is 12.1. The molecule has 0 fully saturated rings. The number of amides is 1. The second-order valence-electron chi connectivity index (χ2n) is 9.99. The first-order valence-corrected chi connectivity index (χ1v) is 14.3. The summed E-state index contributed by atoms with van der Waals surface area (Å²) in [5.41, 5.74) is -3.83. The van der Waals surface area contributed by atoms with Gasteiger partial charge in [-0.05, 0) is 76.9 Å². The average molecular weight is 803 g/mol. The first-order chi connectivity index (χ1) is 21.2. The van der Waals surface area contributed by atoms with Gasteiger partial charge in [0.25, 0.3) is 11.5 Å². The summed E-state index contributed by atoms with van der Waals surface area (Å²) in [6.45, 7) is 4.94. The van der Waals surface area contributed by atoms with E-state index in [0.717, 1.165) is 27.4 Å². The number of pyridine rings is 2. The number of carbonyl (C=O) groups is 2. The van der Waals surface area contributed by atoms with Gasteiger partial charge in [-0.1, -0.05) is 11.6 Å². The predicted octanol–water partition coefficient (Wildman–Crippen LogP) is 7.10. The number of carbonyl (C=O) groups excluding carboxylic acids is 2. The molecule has 244 valence electrons. The van der Waals surface area contributed by atoms with Crippen LogP contribution < -0.4 is 10.9 Å². The summed E-state index contributed by atoms with van der Waals surface area (Å²) in [5, 5.41) is 9.43. The van der Waals surface area contributed by atoms with Crippen LogP contribution >= 0.6 is 43.5 Å². The summed E-state index contributed by atoms with van der Waals surface area (Å²) in [6.07, 6.45) is -7.52. The van der Waals surface area contributed by atoms with E-state index in [4.69, 9.17) is 16.3 Å². The molecule has 0 radical (unpaired) electrons. The van der Waals surface area contributed by atoms with Crippen LogP contribution in [0.5, 0.6) is 0 Å². The Morgan fingerprint density at radius 1 is 0.913 bits per heavy atom. The third-order valence-corrected chi connectivity index (χ3v) is 6.92. The van der Waals surface area contributed by atoms with Gasteiger partial charge in [-0.25, -0.2) is 14.8 Å². The van der Waals surface area contributed by atoms with Crippen LogP contribution in [-0.2, 0) is 17.1 Å². The maximum Gasteiger partial charge on any atom is 0.437 e. The molecule has 12 nitrogen and oxygen atoms in total. The molecule has 0 unspecified atom stereocenters. The van der Waals surface area contributed by atoms with Gasteiger partial charge in [0.15, 0.2) is 17.1 Å². The third kappa shape index (κ3) is 7.66. The molecule has 0 atom stereocenters. The van der Waals surface area contributed by atoms with Crippen LogP contribution in [0, 0.1) is 0 Å². The van der Waals surface area contributed by atoms with Crippen molar-refractivity contribution in [2.24, 2.45) is 0 Å². The Balaban J connectivity index is 0.000000221. The molecular weight excluding hydrogens is 786 g/mol. The molecular formula is C25H17Br2ClF6N8O4. The SMILES string of the molecule is CC(C)(C)OC(=O)n1ncc(Br)c1NC(=O)c1ccc(C(F)(F)F)nc1Cl.O=c1[nH]c2c(Br)cnn2c2nc(C(F)(F)F)ccc12. The van der Waals surface area contributed by atoms with Crippen molar-refractivity contribution >= 4 is 78.0 Å². The van der Waals surface area contributed by atoms with Crippen LogP contribution in [0.25, 0.3) is 16.7 Å². The van der Waals surface area contributed by atoms with E-state index in [1.54, 1.807) is 20.8 Å². The Morgan fingerprint density at radius 3 is 2.09 bits per heavy atom. The number of anilines is 1. The molecule has 5 rings (SSSR count). The lowest BCUT2D eigenvalue weighted by Crippen LogP contribution is -2.29. The highest BCUT2D eigenvalue weighted by Gasteiger charge is 2.34. The second kappa shape index (κ2) is 12.6. The Morgan fingerprint density at radius 2 is 1.50 bits per heavy atom. The number of nitrogens with zero attached hydrogens (tertiary/aromatic N) is 6. The van der Waals surface area contributed by atoms with E-state index < -0.39 is 52.1 Å². The number of aromatic amines is 1. The van der Waals surface area contributed by atoms with Gasteiger partial charge in [-0.15, -0.1) is 4.68 Å². The zero-order valence-electron chi connectivity index (χ0n) is 23.2. The highest BCUT2D eigenvalue weighted by molar-refractivity contribution is 9.11. The zero-order chi connectivity index (χ0) is 34.4. The number of hydrogen-bond acceptors (Lipinski definition) is 8. The highest BCUT2D eigenvalue weighted by atomic mass is 79.9. The zero-order valence-corrected chi connectivity index (χ0v) is 27.1. The Labute approximate surface area is 274 Å². The fourth-order valence-corrected chi connectivity index (χ4v) is 4.50. The topological polar surface area (TPSA) is 149 Å². The van der Waals surface area contributed by atoms with Gasteiger partial charge in [-0.3, -0.25) is 9.59 Å². The van der Waals surface area contributed by atoms with Crippen LogP contribution in [0.15, 0.2) is 50.4 Å². The van der Waals surface area contributed by atoms with Crippen molar-refractivity contribution in [2.75, 3.05) is 5.32 Å². The van der Waals surface area contributed by atoms with Crippen molar-refractivity contribution in [3.8, 4) is 0 Å². The normalized spacial score (nSPS) is 12.2. The van der Waals surface area contributed by atoms with E-state index in [2.05, 4.69) is 62.3 Å². The summed E-state index contributed by atoms with van der Waals surface area (Å²) in [4.78, 5) is 45.5. The molecule has 0 spiro atoms. The maximum atomic E-state index is 12.6. The summed E-state index contributed by atoms with van der Waals surface area (Å²) < 4.78 is 83.7. The smallest absolute Gasteiger partial charge is 0.437 e. The number of rotatable bonds is 2. The van der Waals surface area contributed by atoms with Crippen molar-refractivity contribution < 1.29 is 40.7 Å². The number of H-pyrrole nitrogens is 1. The van der Waals surface area contributed by atoms with E-state index in [1.165, 1.54) is 12.4 Å².